The Morgan fingerprint density at radius 2 is 2.00 bits per heavy atom. The molecule has 0 aromatic heterocycles. The molecule has 4 heteroatoms. The van der Waals surface area contributed by atoms with Crippen molar-refractivity contribution in [1.82, 2.24) is 4.90 Å². The Morgan fingerprint density at radius 1 is 1.33 bits per heavy atom. The molecule has 0 radical (unpaired) electrons. The van der Waals surface area contributed by atoms with E-state index in [2.05, 4.69) is 4.90 Å². The molecule has 1 aliphatic heterocycles. The van der Waals surface area contributed by atoms with Gasteiger partial charge in [0, 0.05) is 19.6 Å². The maximum atomic E-state index is 10.7. The quantitative estimate of drug-likeness (QED) is 0.750. The molecule has 2 rings (SSSR count). The molecule has 1 aliphatic rings. The van der Waals surface area contributed by atoms with Crippen LogP contribution in [0.1, 0.15) is 17.0 Å². The average molecular weight is 244 g/mol. The summed E-state index contributed by atoms with van der Waals surface area (Å²) < 4.78 is 5.30. The number of nitriles is 1. The van der Waals surface area contributed by atoms with Crippen molar-refractivity contribution < 1.29 is 9.53 Å². The molecule has 0 spiro atoms. The monoisotopic (exact) mass is 244 g/mol. The fraction of sp³-hybridized carbons (Fsp3) is 0.429. The van der Waals surface area contributed by atoms with E-state index >= 15 is 0 Å². The number of aldehydes is 1. The van der Waals surface area contributed by atoms with Crippen LogP contribution >= 0.6 is 0 Å². The van der Waals surface area contributed by atoms with Crippen molar-refractivity contribution in [3.05, 3.63) is 35.4 Å². The zero-order valence-corrected chi connectivity index (χ0v) is 10.2. The second kappa shape index (κ2) is 6.29. The minimum Gasteiger partial charge on any atom is -0.379 e. The van der Waals surface area contributed by atoms with Gasteiger partial charge in [-0.2, -0.15) is 5.26 Å². The topological polar surface area (TPSA) is 53.3 Å². The van der Waals surface area contributed by atoms with Crippen molar-refractivity contribution in [2.24, 2.45) is 0 Å². The molecule has 4 nitrogen and oxygen atoms in total. The van der Waals surface area contributed by atoms with Crippen LogP contribution in [0.3, 0.4) is 0 Å². The first kappa shape index (κ1) is 12.7. The summed E-state index contributed by atoms with van der Waals surface area (Å²) in [6.45, 7) is 4.38. The van der Waals surface area contributed by atoms with E-state index in [4.69, 9.17) is 10.00 Å². The van der Waals surface area contributed by atoms with Crippen LogP contribution in [0, 0.1) is 11.3 Å². The van der Waals surface area contributed by atoms with Crippen LogP contribution in [0.5, 0.6) is 0 Å². The van der Waals surface area contributed by atoms with E-state index in [9.17, 15) is 4.79 Å². The Morgan fingerprint density at radius 3 is 2.56 bits per heavy atom. The third kappa shape index (κ3) is 3.16. The maximum Gasteiger partial charge on any atom is 0.141 e. The van der Waals surface area contributed by atoms with Gasteiger partial charge in [-0.3, -0.25) is 4.90 Å². The van der Waals surface area contributed by atoms with Crippen molar-refractivity contribution in [1.29, 1.82) is 5.26 Å². The minimum atomic E-state index is -0.651. The van der Waals surface area contributed by atoms with Crippen LogP contribution in [0.15, 0.2) is 24.3 Å². The molecule has 0 amide bonds. The lowest BCUT2D eigenvalue weighted by atomic mass is 10.0. The van der Waals surface area contributed by atoms with Crippen LogP contribution in [-0.2, 0) is 16.1 Å². The van der Waals surface area contributed by atoms with E-state index in [-0.39, 0.29) is 0 Å². The Bertz CT molecular complexity index is 430. The highest BCUT2D eigenvalue weighted by Crippen LogP contribution is 2.15. The van der Waals surface area contributed by atoms with Gasteiger partial charge < -0.3 is 9.53 Å². The molecule has 0 saturated carbocycles. The fourth-order valence-electron chi connectivity index (χ4n) is 2.03. The number of ether oxygens (including phenoxy) is 1. The van der Waals surface area contributed by atoms with E-state index < -0.39 is 5.92 Å². The predicted octanol–water partition coefficient (Wildman–Crippen LogP) is 1.32. The first-order chi connectivity index (χ1) is 8.83. The lowest BCUT2D eigenvalue weighted by Gasteiger charge is -2.26. The highest BCUT2D eigenvalue weighted by molar-refractivity contribution is 5.66. The molecule has 1 unspecified atom stereocenters. The number of benzene rings is 1. The molecule has 18 heavy (non-hydrogen) atoms. The molecule has 0 bridgehead atoms. The number of morpholine rings is 1. The zero-order valence-electron chi connectivity index (χ0n) is 10.2. The van der Waals surface area contributed by atoms with Crippen molar-refractivity contribution in [3.63, 3.8) is 0 Å². The Labute approximate surface area is 107 Å². The summed E-state index contributed by atoms with van der Waals surface area (Å²) in [5.41, 5.74) is 1.96. The summed E-state index contributed by atoms with van der Waals surface area (Å²) in [6.07, 6.45) is 0.678. The Hall–Kier alpha value is -1.70. The SMILES string of the molecule is N#CC(C=O)c1ccc(CN2CCOCC2)cc1. The smallest absolute Gasteiger partial charge is 0.141 e. The van der Waals surface area contributed by atoms with Crippen LogP contribution in [0.2, 0.25) is 0 Å². The summed E-state index contributed by atoms with van der Waals surface area (Å²) in [7, 11) is 0. The second-order valence-corrected chi connectivity index (χ2v) is 4.37. The minimum absolute atomic E-state index is 0.651. The average Bonchev–Trinajstić information content (AvgIpc) is 2.43. The van der Waals surface area contributed by atoms with Gasteiger partial charge in [0.05, 0.1) is 19.3 Å². The largest absolute Gasteiger partial charge is 0.379 e. The van der Waals surface area contributed by atoms with Gasteiger partial charge in [-0.1, -0.05) is 24.3 Å². The van der Waals surface area contributed by atoms with Gasteiger partial charge in [0.1, 0.15) is 12.2 Å². The lowest BCUT2D eigenvalue weighted by molar-refractivity contribution is -0.108. The normalized spacial score (nSPS) is 17.9. The van der Waals surface area contributed by atoms with E-state index in [1.54, 1.807) is 0 Å². The zero-order chi connectivity index (χ0) is 12.8. The molecule has 94 valence electrons. The highest BCUT2D eigenvalue weighted by Gasteiger charge is 2.12. The number of hydrogen-bond donors (Lipinski definition) is 0. The summed E-state index contributed by atoms with van der Waals surface area (Å²) in [5.74, 6) is -0.651. The van der Waals surface area contributed by atoms with Gasteiger partial charge in [-0.25, -0.2) is 0 Å². The fourth-order valence-corrected chi connectivity index (χ4v) is 2.03. The third-order valence-electron chi connectivity index (χ3n) is 3.12. The van der Waals surface area contributed by atoms with Crippen molar-refractivity contribution in [2.75, 3.05) is 26.3 Å². The van der Waals surface area contributed by atoms with Gasteiger partial charge in [-0.15, -0.1) is 0 Å². The third-order valence-corrected chi connectivity index (χ3v) is 3.12. The van der Waals surface area contributed by atoms with Gasteiger partial charge in [-0.05, 0) is 11.1 Å². The van der Waals surface area contributed by atoms with Crippen LogP contribution in [-0.4, -0.2) is 37.5 Å². The van der Waals surface area contributed by atoms with Crippen molar-refractivity contribution >= 4 is 6.29 Å². The first-order valence-corrected chi connectivity index (χ1v) is 6.07. The molecule has 1 aromatic carbocycles. The molecule has 1 fully saturated rings. The molecule has 1 atom stereocenters. The number of carbonyl (C=O) groups excluding carboxylic acids is 1. The molecule has 1 heterocycles. The summed E-state index contributed by atoms with van der Waals surface area (Å²) >= 11 is 0. The Balaban J connectivity index is 1.99. The van der Waals surface area contributed by atoms with Gasteiger partial charge in [0.25, 0.3) is 0 Å². The molecule has 1 aromatic rings. The molecular formula is C14H16N2O2. The summed E-state index contributed by atoms with van der Waals surface area (Å²) in [6, 6.07) is 9.66. The lowest BCUT2D eigenvalue weighted by Crippen LogP contribution is -2.35. The maximum absolute atomic E-state index is 10.7. The first-order valence-electron chi connectivity index (χ1n) is 6.07. The van der Waals surface area contributed by atoms with Crippen LogP contribution < -0.4 is 0 Å². The van der Waals surface area contributed by atoms with Gasteiger partial charge in [0.2, 0.25) is 0 Å². The van der Waals surface area contributed by atoms with E-state index in [0.29, 0.717) is 6.29 Å². The summed E-state index contributed by atoms with van der Waals surface area (Å²) in [4.78, 5) is 13.0. The molecule has 0 N–H and O–H groups in total. The van der Waals surface area contributed by atoms with E-state index in [0.717, 1.165) is 38.4 Å². The highest BCUT2D eigenvalue weighted by atomic mass is 16.5. The van der Waals surface area contributed by atoms with Gasteiger partial charge in [0.15, 0.2) is 0 Å². The number of rotatable bonds is 4. The van der Waals surface area contributed by atoms with E-state index in [1.807, 2.05) is 30.3 Å². The molecular weight excluding hydrogens is 228 g/mol. The van der Waals surface area contributed by atoms with Gasteiger partial charge >= 0.3 is 0 Å². The second-order valence-electron chi connectivity index (χ2n) is 4.37. The number of carbonyl (C=O) groups is 1. The molecule has 1 saturated heterocycles. The van der Waals surface area contributed by atoms with Crippen molar-refractivity contribution in [3.8, 4) is 6.07 Å². The molecule has 0 aliphatic carbocycles. The van der Waals surface area contributed by atoms with E-state index in [1.165, 1.54) is 5.56 Å². The summed E-state index contributed by atoms with van der Waals surface area (Å²) in [5, 5.41) is 8.81. The Kier molecular flexibility index (Phi) is 4.46. The standard InChI is InChI=1S/C14H16N2O2/c15-9-14(11-17)13-3-1-12(2-4-13)10-16-5-7-18-8-6-16/h1-4,11,14H,5-8,10H2. The van der Waals surface area contributed by atoms with Crippen LogP contribution in [0.25, 0.3) is 0 Å². The number of hydrogen-bond acceptors (Lipinski definition) is 4. The predicted molar refractivity (Wildman–Crippen MR) is 67.0 cm³/mol. The van der Waals surface area contributed by atoms with Crippen LogP contribution in [0.4, 0.5) is 0 Å². The number of nitrogens with zero attached hydrogens (tertiary/aromatic N) is 2. The van der Waals surface area contributed by atoms with Crippen molar-refractivity contribution in [2.45, 2.75) is 12.5 Å².